The number of nitrogens with one attached hydrogen (secondary N) is 1. The van der Waals surface area contributed by atoms with Gasteiger partial charge >= 0.3 is 6.36 Å². The first kappa shape index (κ1) is 13.7. The zero-order valence-electron chi connectivity index (χ0n) is 9.84. The SMILES string of the molecule is CCCC(C)Nc1ccc(OC(F)(F)F)cc1. The van der Waals surface area contributed by atoms with Crippen molar-refractivity contribution < 1.29 is 17.9 Å². The molecule has 5 heteroatoms. The Labute approximate surface area is 98.8 Å². The first-order valence-corrected chi connectivity index (χ1v) is 5.53. The lowest BCUT2D eigenvalue weighted by Crippen LogP contribution is -2.17. The van der Waals surface area contributed by atoms with E-state index in [1.165, 1.54) is 12.1 Å². The Bertz CT molecular complexity index is 335. The highest BCUT2D eigenvalue weighted by atomic mass is 19.4. The molecule has 1 atom stereocenters. The fraction of sp³-hybridized carbons (Fsp3) is 0.500. The average molecular weight is 247 g/mol. The summed E-state index contributed by atoms with van der Waals surface area (Å²) in [4.78, 5) is 0. The molecule has 1 rings (SSSR count). The lowest BCUT2D eigenvalue weighted by Gasteiger charge is -2.15. The molecular formula is C12H16F3NO. The van der Waals surface area contributed by atoms with Gasteiger partial charge < -0.3 is 10.1 Å². The molecule has 0 aliphatic heterocycles. The summed E-state index contributed by atoms with van der Waals surface area (Å²) in [6.07, 6.45) is -2.56. The molecule has 1 aromatic carbocycles. The van der Waals surface area contributed by atoms with Crippen LogP contribution in [0.4, 0.5) is 18.9 Å². The second-order valence-electron chi connectivity index (χ2n) is 3.91. The van der Waals surface area contributed by atoms with Crippen molar-refractivity contribution in [1.82, 2.24) is 0 Å². The lowest BCUT2D eigenvalue weighted by atomic mass is 10.2. The fourth-order valence-corrected chi connectivity index (χ4v) is 1.54. The van der Waals surface area contributed by atoms with Crippen molar-refractivity contribution in [2.45, 2.75) is 39.1 Å². The molecule has 0 saturated carbocycles. The van der Waals surface area contributed by atoms with Crippen LogP contribution in [0.15, 0.2) is 24.3 Å². The van der Waals surface area contributed by atoms with Gasteiger partial charge in [-0.05, 0) is 37.6 Å². The molecule has 1 unspecified atom stereocenters. The summed E-state index contributed by atoms with van der Waals surface area (Å²) >= 11 is 0. The van der Waals surface area contributed by atoms with E-state index in [1.54, 1.807) is 12.1 Å². The minimum Gasteiger partial charge on any atom is -0.406 e. The van der Waals surface area contributed by atoms with Crippen LogP contribution in [0.5, 0.6) is 5.75 Å². The predicted octanol–water partition coefficient (Wildman–Crippen LogP) is 4.19. The monoisotopic (exact) mass is 247 g/mol. The van der Waals surface area contributed by atoms with Gasteiger partial charge in [0.25, 0.3) is 0 Å². The van der Waals surface area contributed by atoms with Crippen molar-refractivity contribution in [2.75, 3.05) is 5.32 Å². The maximum absolute atomic E-state index is 11.9. The normalized spacial score (nSPS) is 13.2. The van der Waals surface area contributed by atoms with Crippen molar-refractivity contribution in [2.24, 2.45) is 0 Å². The van der Waals surface area contributed by atoms with Crippen molar-refractivity contribution >= 4 is 5.69 Å². The third-order valence-electron chi connectivity index (χ3n) is 2.22. The van der Waals surface area contributed by atoms with E-state index in [2.05, 4.69) is 17.0 Å². The van der Waals surface area contributed by atoms with Gasteiger partial charge in [0.05, 0.1) is 0 Å². The van der Waals surface area contributed by atoms with Gasteiger partial charge in [-0.3, -0.25) is 0 Å². The standard InChI is InChI=1S/C12H16F3NO/c1-3-4-9(2)16-10-5-7-11(8-6-10)17-12(13,14)15/h5-9,16H,3-4H2,1-2H3. The molecule has 0 aliphatic carbocycles. The van der Waals surface area contributed by atoms with E-state index in [9.17, 15) is 13.2 Å². The van der Waals surface area contributed by atoms with Gasteiger partial charge in [0, 0.05) is 11.7 Å². The van der Waals surface area contributed by atoms with Gasteiger partial charge in [-0.1, -0.05) is 13.3 Å². The third kappa shape index (κ3) is 5.47. The van der Waals surface area contributed by atoms with Crippen LogP contribution in [0.2, 0.25) is 0 Å². The summed E-state index contributed by atoms with van der Waals surface area (Å²) in [5, 5.41) is 3.20. The minimum atomic E-state index is -4.63. The van der Waals surface area contributed by atoms with Crippen LogP contribution in [-0.2, 0) is 0 Å². The molecule has 0 bridgehead atoms. The number of hydrogen-bond acceptors (Lipinski definition) is 2. The molecule has 1 aromatic rings. The Morgan fingerprint density at radius 2 is 1.82 bits per heavy atom. The van der Waals surface area contributed by atoms with Crippen LogP contribution in [0.1, 0.15) is 26.7 Å². The minimum absolute atomic E-state index is 0.203. The third-order valence-corrected chi connectivity index (χ3v) is 2.22. The Kier molecular flexibility index (Phi) is 4.66. The maximum atomic E-state index is 11.9. The Morgan fingerprint density at radius 1 is 1.24 bits per heavy atom. The number of hydrogen-bond donors (Lipinski definition) is 1. The highest BCUT2D eigenvalue weighted by molar-refractivity contribution is 5.46. The fourth-order valence-electron chi connectivity index (χ4n) is 1.54. The summed E-state index contributed by atoms with van der Waals surface area (Å²) in [6.45, 7) is 4.11. The van der Waals surface area contributed by atoms with Crippen molar-refractivity contribution in [1.29, 1.82) is 0 Å². The van der Waals surface area contributed by atoms with Crippen LogP contribution in [0.3, 0.4) is 0 Å². The predicted molar refractivity (Wildman–Crippen MR) is 61.1 cm³/mol. The van der Waals surface area contributed by atoms with Crippen LogP contribution in [-0.4, -0.2) is 12.4 Å². The van der Waals surface area contributed by atoms with Crippen molar-refractivity contribution in [3.05, 3.63) is 24.3 Å². The van der Waals surface area contributed by atoms with Gasteiger partial charge in [0.1, 0.15) is 5.75 Å². The summed E-state index contributed by atoms with van der Waals surface area (Å²) < 4.78 is 39.5. The molecule has 0 radical (unpaired) electrons. The number of rotatable bonds is 5. The number of halogens is 3. The van der Waals surface area contributed by atoms with Crippen LogP contribution in [0, 0.1) is 0 Å². The van der Waals surface area contributed by atoms with Crippen molar-refractivity contribution in [3.63, 3.8) is 0 Å². The van der Waals surface area contributed by atoms with E-state index in [0.29, 0.717) is 6.04 Å². The molecule has 0 saturated heterocycles. The second kappa shape index (κ2) is 5.80. The zero-order valence-corrected chi connectivity index (χ0v) is 9.84. The number of ether oxygens (including phenoxy) is 1. The Hall–Kier alpha value is -1.39. The van der Waals surface area contributed by atoms with Gasteiger partial charge in [0.15, 0.2) is 0 Å². The second-order valence-corrected chi connectivity index (χ2v) is 3.91. The first-order chi connectivity index (χ1) is 7.90. The summed E-state index contributed by atoms with van der Waals surface area (Å²) in [5.74, 6) is -0.203. The molecule has 2 nitrogen and oxygen atoms in total. The number of benzene rings is 1. The molecule has 1 N–H and O–H groups in total. The topological polar surface area (TPSA) is 21.3 Å². The Balaban J connectivity index is 2.56. The van der Waals surface area contributed by atoms with Gasteiger partial charge in [0.2, 0.25) is 0 Å². The maximum Gasteiger partial charge on any atom is 0.573 e. The zero-order chi connectivity index (χ0) is 12.9. The molecular weight excluding hydrogens is 231 g/mol. The average Bonchev–Trinajstić information content (AvgIpc) is 2.19. The summed E-state index contributed by atoms with van der Waals surface area (Å²) in [7, 11) is 0. The van der Waals surface area contributed by atoms with E-state index < -0.39 is 6.36 Å². The van der Waals surface area contributed by atoms with E-state index >= 15 is 0 Å². The molecule has 17 heavy (non-hydrogen) atoms. The molecule has 0 fully saturated rings. The van der Waals surface area contributed by atoms with Gasteiger partial charge in [-0.15, -0.1) is 13.2 Å². The molecule has 0 amide bonds. The highest BCUT2D eigenvalue weighted by Crippen LogP contribution is 2.24. The van der Waals surface area contributed by atoms with Crippen LogP contribution >= 0.6 is 0 Å². The van der Waals surface area contributed by atoms with E-state index in [1.807, 2.05) is 6.92 Å². The first-order valence-electron chi connectivity index (χ1n) is 5.53. The number of alkyl halides is 3. The van der Waals surface area contributed by atoms with E-state index in [0.717, 1.165) is 18.5 Å². The van der Waals surface area contributed by atoms with E-state index in [4.69, 9.17) is 0 Å². The van der Waals surface area contributed by atoms with Crippen LogP contribution < -0.4 is 10.1 Å². The Morgan fingerprint density at radius 3 is 2.29 bits per heavy atom. The largest absolute Gasteiger partial charge is 0.573 e. The molecule has 0 heterocycles. The smallest absolute Gasteiger partial charge is 0.406 e. The highest BCUT2D eigenvalue weighted by Gasteiger charge is 2.30. The molecule has 0 aliphatic rings. The number of anilines is 1. The van der Waals surface area contributed by atoms with Gasteiger partial charge in [-0.2, -0.15) is 0 Å². The summed E-state index contributed by atoms with van der Waals surface area (Å²) in [6, 6.07) is 6.05. The molecule has 0 aromatic heterocycles. The van der Waals surface area contributed by atoms with E-state index in [-0.39, 0.29) is 5.75 Å². The molecule has 96 valence electrons. The molecule has 0 spiro atoms. The van der Waals surface area contributed by atoms with Gasteiger partial charge in [-0.25, -0.2) is 0 Å². The quantitative estimate of drug-likeness (QED) is 0.842. The summed E-state index contributed by atoms with van der Waals surface area (Å²) in [5.41, 5.74) is 0.792. The van der Waals surface area contributed by atoms with Crippen LogP contribution in [0.25, 0.3) is 0 Å². The van der Waals surface area contributed by atoms with Crippen molar-refractivity contribution in [3.8, 4) is 5.75 Å². The lowest BCUT2D eigenvalue weighted by molar-refractivity contribution is -0.274.